The molecule has 1 N–H and O–H groups in total. The topological polar surface area (TPSA) is 78.3 Å². The van der Waals surface area contributed by atoms with E-state index in [1.807, 2.05) is 42.5 Å². The van der Waals surface area contributed by atoms with Crippen LogP contribution in [0.15, 0.2) is 54.7 Å². The zero-order valence-corrected chi connectivity index (χ0v) is 14.7. The summed E-state index contributed by atoms with van der Waals surface area (Å²) in [6.07, 6.45) is 1.72. The minimum absolute atomic E-state index is 0.0982. The van der Waals surface area contributed by atoms with E-state index in [0.717, 1.165) is 11.1 Å². The van der Waals surface area contributed by atoms with E-state index in [1.165, 1.54) is 4.68 Å². The summed E-state index contributed by atoms with van der Waals surface area (Å²) in [4.78, 5) is 12.1. The molecule has 26 heavy (non-hydrogen) atoms. The summed E-state index contributed by atoms with van der Waals surface area (Å²) in [5.74, 6) is 1.19. The average molecular weight is 352 g/mol. The molecule has 3 rings (SSSR count). The fraction of sp³-hybridized carbons (Fsp3) is 0.211. The fourth-order valence-electron chi connectivity index (χ4n) is 2.46. The van der Waals surface area contributed by atoms with Gasteiger partial charge in [0.25, 0.3) is 0 Å². The molecule has 0 radical (unpaired) electrons. The summed E-state index contributed by atoms with van der Waals surface area (Å²) in [5.41, 5.74) is 2.49. The van der Waals surface area contributed by atoms with E-state index in [0.29, 0.717) is 23.7 Å². The molecule has 0 aliphatic carbocycles. The summed E-state index contributed by atoms with van der Waals surface area (Å²) in [6.45, 7) is 0.579. The van der Waals surface area contributed by atoms with Crippen molar-refractivity contribution in [3.05, 3.63) is 60.3 Å². The van der Waals surface area contributed by atoms with Crippen LogP contribution in [-0.4, -0.2) is 35.1 Å². The fourth-order valence-corrected chi connectivity index (χ4v) is 2.46. The van der Waals surface area contributed by atoms with Gasteiger partial charge >= 0.3 is 0 Å². The van der Waals surface area contributed by atoms with E-state index < -0.39 is 0 Å². The maximum atomic E-state index is 12.1. The summed E-state index contributed by atoms with van der Waals surface area (Å²) < 4.78 is 12.0. The van der Waals surface area contributed by atoms with Crippen LogP contribution in [0.1, 0.15) is 5.56 Å². The van der Waals surface area contributed by atoms with Crippen molar-refractivity contribution in [1.29, 1.82) is 0 Å². The molecule has 0 spiro atoms. The van der Waals surface area contributed by atoms with Crippen LogP contribution in [0, 0.1) is 0 Å². The minimum atomic E-state index is -0.131. The third-order valence-corrected chi connectivity index (χ3v) is 3.82. The van der Waals surface area contributed by atoms with Gasteiger partial charge < -0.3 is 14.8 Å². The van der Waals surface area contributed by atoms with Gasteiger partial charge in [-0.25, -0.2) is 4.68 Å². The SMILES string of the molecule is COc1cc(OC)cc(-c2cn(CC(=O)NCc3ccccc3)nn2)c1. The van der Waals surface area contributed by atoms with Gasteiger partial charge in [-0.3, -0.25) is 4.79 Å². The molecule has 1 aromatic heterocycles. The average Bonchev–Trinajstić information content (AvgIpc) is 3.15. The molecule has 7 heteroatoms. The monoisotopic (exact) mass is 352 g/mol. The molecule has 0 aliphatic rings. The first kappa shape index (κ1) is 17.5. The first-order chi connectivity index (χ1) is 12.7. The molecular weight excluding hydrogens is 332 g/mol. The lowest BCUT2D eigenvalue weighted by Crippen LogP contribution is -2.27. The number of nitrogens with zero attached hydrogens (tertiary/aromatic N) is 3. The van der Waals surface area contributed by atoms with Gasteiger partial charge in [0, 0.05) is 18.2 Å². The first-order valence-electron chi connectivity index (χ1n) is 8.12. The van der Waals surface area contributed by atoms with Gasteiger partial charge in [-0.1, -0.05) is 35.5 Å². The van der Waals surface area contributed by atoms with Gasteiger partial charge in [0.1, 0.15) is 23.7 Å². The van der Waals surface area contributed by atoms with Gasteiger partial charge in [0.2, 0.25) is 5.91 Å². The zero-order valence-electron chi connectivity index (χ0n) is 14.7. The Morgan fingerprint density at radius 3 is 2.42 bits per heavy atom. The Morgan fingerprint density at radius 2 is 1.77 bits per heavy atom. The standard InChI is InChI=1S/C19H20N4O3/c1-25-16-8-15(9-17(10-16)26-2)18-12-23(22-21-18)13-19(24)20-11-14-6-4-3-5-7-14/h3-10,12H,11,13H2,1-2H3,(H,20,24). The van der Waals surface area contributed by atoms with Crippen molar-refractivity contribution < 1.29 is 14.3 Å². The van der Waals surface area contributed by atoms with Crippen LogP contribution in [0.3, 0.4) is 0 Å². The van der Waals surface area contributed by atoms with Crippen LogP contribution < -0.4 is 14.8 Å². The summed E-state index contributed by atoms with van der Waals surface area (Å²) in [7, 11) is 3.18. The lowest BCUT2D eigenvalue weighted by molar-refractivity contribution is -0.122. The number of carbonyl (C=O) groups is 1. The number of aromatic nitrogens is 3. The van der Waals surface area contributed by atoms with Crippen molar-refractivity contribution >= 4 is 5.91 Å². The number of methoxy groups -OCH3 is 2. The Labute approximate surface area is 151 Å². The smallest absolute Gasteiger partial charge is 0.242 e. The highest BCUT2D eigenvalue weighted by molar-refractivity contribution is 5.75. The van der Waals surface area contributed by atoms with Crippen molar-refractivity contribution in [2.75, 3.05) is 14.2 Å². The van der Waals surface area contributed by atoms with E-state index in [2.05, 4.69) is 15.6 Å². The molecule has 1 heterocycles. The molecule has 0 fully saturated rings. The van der Waals surface area contributed by atoms with E-state index >= 15 is 0 Å². The number of hydrogen-bond acceptors (Lipinski definition) is 5. The van der Waals surface area contributed by atoms with E-state index in [9.17, 15) is 4.79 Å². The van der Waals surface area contributed by atoms with Crippen LogP contribution in [0.4, 0.5) is 0 Å². The molecule has 0 atom stereocenters. The van der Waals surface area contributed by atoms with Crippen LogP contribution in [0.2, 0.25) is 0 Å². The molecule has 0 unspecified atom stereocenters. The Balaban J connectivity index is 1.65. The van der Waals surface area contributed by atoms with Gasteiger partial charge in [0.15, 0.2) is 0 Å². The number of amides is 1. The number of benzene rings is 2. The molecule has 0 saturated heterocycles. The molecule has 3 aromatic rings. The molecule has 0 aliphatic heterocycles. The highest BCUT2D eigenvalue weighted by Crippen LogP contribution is 2.28. The van der Waals surface area contributed by atoms with E-state index in [1.54, 1.807) is 26.5 Å². The second-order valence-electron chi connectivity index (χ2n) is 5.67. The van der Waals surface area contributed by atoms with Crippen LogP contribution >= 0.6 is 0 Å². The number of hydrogen-bond donors (Lipinski definition) is 1. The highest BCUT2D eigenvalue weighted by Gasteiger charge is 2.10. The van der Waals surface area contributed by atoms with Crippen molar-refractivity contribution in [1.82, 2.24) is 20.3 Å². The molecule has 134 valence electrons. The Bertz CT molecular complexity index is 855. The third kappa shape index (κ3) is 4.38. The maximum Gasteiger partial charge on any atom is 0.242 e. The first-order valence-corrected chi connectivity index (χ1v) is 8.12. The molecule has 0 saturated carbocycles. The summed E-state index contributed by atoms with van der Waals surface area (Å²) in [5, 5.41) is 11.0. The number of ether oxygens (including phenoxy) is 2. The van der Waals surface area contributed by atoms with Crippen molar-refractivity contribution in [3.8, 4) is 22.8 Å². The second-order valence-corrected chi connectivity index (χ2v) is 5.67. The van der Waals surface area contributed by atoms with Crippen LogP contribution in [0.25, 0.3) is 11.3 Å². The number of carbonyl (C=O) groups excluding carboxylic acids is 1. The third-order valence-electron chi connectivity index (χ3n) is 3.82. The maximum absolute atomic E-state index is 12.1. The normalized spacial score (nSPS) is 10.4. The van der Waals surface area contributed by atoms with Gasteiger partial charge in [-0.05, 0) is 17.7 Å². The van der Waals surface area contributed by atoms with Crippen molar-refractivity contribution in [3.63, 3.8) is 0 Å². The van der Waals surface area contributed by atoms with Crippen molar-refractivity contribution in [2.24, 2.45) is 0 Å². The molecule has 1 amide bonds. The van der Waals surface area contributed by atoms with Crippen LogP contribution in [0.5, 0.6) is 11.5 Å². The lowest BCUT2D eigenvalue weighted by atomic mass is 10.1. The van der Waals surface area contributed by atoms with E-state index in [-0.39, 0.29) is 12.5 Å². The van der Waals surface area contributed by atoms with Gasteiger partial charge in [-0.15, -0.1) is 5.10 Å². The number of rotatable bonds is 7. The summed E-state index contributed by atoms with van der Waals surface area (Å²) >= 11 is 0. The zero-order chi connectivity index (χ0) is 18.4. The van der Waals surface area contributed by atoms with Crippen molar-refractivity contribution in [2.45, 2.75) is 13.1 Å². The number of nitrogens with one attached hydrogen (secondary N) is 1. The quantitative estimate of drug-likeness (QED) is 0.706. The second kappa shape index (κ2) is 8.15. The van der Waals surface area contributed by atoms with E-state index in [4.69, 9.17) is 9.47 Å². The Morgan fingerprint density at radius 1 is 1.08 bits per heavy atom. The highest BCUT2D eigenvalue weighted by atomic mass is 16.5. The molecule has 7 nitrogen and oxygen atoms in total. The largest absolute Gasteiger partial charge is 0.497 e. The predicted octanol–water partition coefficient (Wildman–Crippen LogP) is 2.28. The molecule has 2 aromatic carbocycles. The van der Waals surface area contributed by atoms with Gasteiger partial charge in [-0.2, -0.15) is 0 Å². The lowest BCUT2D eigenvalue weighted by Gasteiger charge is -2.06. The predicted molar refractivity (Wildman–Crippen MR) is 96.9 cm³/mol. The molecular formula is C19H20N4O3. The Kier molecular flexibility index (Phi) is 5.48. The minimum Gasteiger partial charge on any atom is -0.497 e. The Hall–Kier alpha value is -3.35. The van der Waals surface area contributed by atoms with Crippen LogP contribution in [-0.2, 0) is 17.9 Å². The summed E-state index contributed by atoms with van der Waals surface area (Å²) in [6, 6.07) is 15.2. The molecule has 0 bridgehead atoms. The van der Waals surface area contributed by atoms with Gasteiger partial charge in [0.05, 0.1) is 20.4 Å².